The molecule has 0 saturated heterocycles. The number of hydrogen-bond acceptors (Lipinski definition) is 1. The zero-order valence-corrected chi connectivity index (χ0v) is 31.5. The Morgan fingerprint density at radius 2 is 0.649 bits per heavy atom. The Kier molecular flexibility index (Phi) is 8.95. The van der Waals surface area contributed by atoms with E-state index in [9.17, 15) is 0 Å². The van der Waals surface area contributed by atoms with E-state index in [-0.39, 0.29) is 0 Å². The van der Waals surface area contributed by atoms with E-state index in [4.69, 9.17) is 0 Å². The van der Waals surface area contributed by atoms with Crippen molar-refractivity contribution < 1.29 is 0 Å². The van der Waals surface area contributed by atoms with Crippen LogP contribution >= 0.6 is 0 Å². The third-order valence-electron chi connectivity index (χ3n) is 11.1. The van der Waals surface area contributed by atoms with Crippen LogP contribution in [0, 0.1) is 0 Å². The van der Waals surface area contributed by atoms with Gasteiger partial charge in [-0.05, 0) is 108 Å². The molecular formula is C56H39N. The lowest BCUT2D eigenvalue weighted by molar-refractivity contribution is 1.28. The molecule has 0 atom stereocenters. The fourth-order valence-corrected chi connectivity index (χ4v) is 8.28. The molecule has 0 radical (unpaired) electrons. The molecule has 1 heteroatoms. The quantitative estimate of drug-likeness (QED) is 0.141. The van der Waals surface area contributed by atoms with Gasteiger partial charge in [0.1, 0.15) is 0 Å². The topological polar surface area (TPSA) is 3.24 Å². The zero-order chi connectivity index (χ0) is 38.0. The largest absolute Gasteiger partial charge is 0.310 e. The predicted octanol–water partition coefficient (Wildman–Crippen LogP) is 15.8. The summed E-state index contributed by atoms with van der Waals surface area (Å²) in [6, 6.07) is 85.7. The summed E-state index contributed by atoms with van der Waals surface area (Å²) in [6.07, 6.45) is 0. The Morgan fingerprint density at radius 3 is 1.18 bits per heavy atom. The summed E-state index contributed by atoms with van der Waals surface area (Å²) < 4.78 is 0. The van der Waals surface area contributed by atoms with Gasteiger partial charge in [0.25, 0.3) is 0 Å². The van der Waals surface area contributed by atoms with Crippen molar-refractivity contribution in [3.05, 3.63) is 237 Å². The van der Waals surface area contributed by atoms with Crippen LogP contribution in [0.3, 0.4) is 0 Å². The highest BCUT2D eigenvalue weighted by Gasteiger charge is 2.23. The van der Waals surface area contributed by atoms with E-state index in [0.29, 0.717) is 0 Å². The lowest BCUT2D eigenvalue weighted by Crippen LogP contribution is -2.12. The normalized spacial score (nSPS) is 11.2. The molecule has 268 valence electrons. The Hall–Kier alpha value is -7.48. The highest BCUT2D eigenvalue weighted by Crippen LogP contribution is 2.49. The van der Waals surface area contributed by atoms with E-state index >= 15 is 0 Å². The predicted molar refractivity (Wildman–Crippen MR) is 243 cm³/mol. The van der Waals surface area contributed by atoms with Crippen LogP contribution in [0.25, 0.3) is 77.2 Å². The van der Waals surface area contributed by atoms with Crippen molar-refractivity contribution in [3.63, 3.8) is 0 Å². The fraction of sp³-hybridized carbons (Fsp3) is 0. The van der Waals surface area contributed by atoms with Crippen LogP contribution in [0.1, 0.15) is 0 Å². The van der Waals surface area contributed by atoms with Crippen molar-refractivity contribution in [3.8, 4) is 55.6 Å². The molecule has 57 heavy (non-hydrogen) atoms. The molecule has 0 aromatic heterocycles. The van der Waals surface area contributed by atoms with E-state index in [1.807, 2.05) is 0 Å². The highest BCUT2D eigenvalue weighted by atomic mass is 15.1. The van der Waals surface area contributed by atoms with Gasteiger partial charge >= 0.3 is 0 Å². The molecular weight excluding hydrogens is 687 g/mol. The summed E-state index contributed by atoms with van der Waals surface area (Å²) in [5.41, 5.74) is 15.2. The maximum atomic E-state index is 2.44. The summed E-state index contributed by atoms with van der Waals surface area (Å²) in [6.45, 7) is 0. The molecule has 0 saturated carbocycles. The van der Waals surface area contributed by atoms with Crippen molar-refractivity contribution >= 4 is 38.6 Å². The summed E-state index contributed by atoms with van der Waals surface area (Å²) in [4.78, 5) is 2.44. The molecule has 0 spiro atoms. The number of fused-ring (bicyclic) bond motifs is 3. The fourth-order valence-electron chi connectivity index (χ4n) is 8.28. The van der Waals surface area contributed by atoms with Crippen LogP contribution in [-0.4, -0.2) is 0 Å². The van der Waals surface area contributed by atoms with E-state index in [1.165, 1.54) is 77.2 Å². The van der Waals surface area contributed by atoms with Gasteiger partial charge in [-0.2, -0.15) is 0 Å². The molecule has 0 N–H and O–H groups in total. The van der Waals surface area contributed by atoms with E-state index in [2.05, 4.69) is 241 Å². The van der Waals surface area contributed by atoms with Crippen molar-refractivity contribution in [1.82, 2.24) is 0 Å². The third-order valence-corrected chi connectivity index (χ3v) is 11.1. The Balaban J connectivity index is 1.23. The van der Waals surface area contributed by atoms with Crippen LogP contribution in [-0.2, 0) is 0 Å². The van der Waals surface area contributed by atoms with E-state index < -0.39 is 0 Å². The maximum absolute atomic E-state index is 2.44. The first-order chi connectivity index (χ1) is 28.3. The number of anilines is 3. The van der Waals surface area contributed by atoms with Gasteiger partial charge in [0.2, 0.25) is 0 Å². The van der Waals surface area contributed by atoms with Crippen LogP contribution in [0.15, 0.2) is 237 Å². The van der Waals surface area contributed by atoms with Gasteiger partial charge in [-0.1, -0.05) is 200 Å². The average Bonchev–Trinajstić information content (AvgIpc) is 3.30. The highest BCUT2D eigenvalue weighted by molar-refractivity contribution is 6.16. The van der Waals surface area contributed by atoms with Crippen molar-refractivity contribution in [2.24, 2.45) is 0 Å². The molecule has 0 aliphatic rings. The van der Waals surface area contributed by atoms with Gasteiger partial charge in [0, 0.05) is 16.9 Å². The van der Waals surface area contributed by atoms with Gasteiger partial charge in [-0.25, -0.2) is 0 Å². The van der Waals surface area contributed by atoms with Crippen molar-refractivity contribution in [2.75, 3.05) is 4.90 Å². The Labute approximate surface area is 334 Å². The Morgan fingerprint density at radius 1 is 0.246 bits per heavy atom. The van der Waals surface area contributed by atoms with Crippen LogP contribution in [0.4, 0.5) is 17.1 Å². The molecule has 10 aromatic rings. The molecule has 0 aliphatic heterocycles. The number of rotatable bonds is 8. The van der Waals surface area contributed by atoms with Gasteiger partial charge in [-0.3, -0.25) is 0 Å². The molecule has 0 aliphatic carbocycles. The maximum Gasteiger partial charge on any atom is 0.0546 e. The smallest absolute Gasteiger partial charge is 0.0546 e. The van der Waals surface area contributed by atoms with Crippen LogP contribution < -0.4 is 4.90 Å². The summed E-state index contributed by atoms with van der Waals surface area (Å²) >= 11 is 0. The van der Waals surface area contributed by atoms with E-state index in [1.54, 1.807) is 0 Å². The molecule has 0 fully saturated rings. The molecule has 0 heterocycles. The summed E-state index contributed by atoms with van der Waals surface area (Å²) in [5.74, 6) is 0. The first-order valence-electron chi connectivity index (χ1n) is 19.6. The second-order valence-corrected chi connectivity index (χ2v) is 14.5. The lowest BCUT2D eigenvalue weighted by Gasteiger charge is -2.30. The second-order valence-electron chi connectivity index (χ2n) is 14.5. The molecule has 1 nitrogen and oxygen atoms in total. The molecule has 10 aromatic carbocycles. The minimum atomic E-state index is 1.09. The first kappa shape index (κ1) is 34.0. The molecule has 10 rings (SSSR count). The van der Waals surface area contributed by atoms with Gasteiger partial charge < -0.3 is 4.90 Å². The second kappa shape index (κ2) is 15.0. The molecule has 0 amide bonds. The lowest BCUT2D eigenvalue weighted by atomic mass is 9.87. The third kappa shape index (κ3) is 6.56. The number of nitrogens with zero attached hydrogens (tertiary/aromatic N) is 1. The standard InChI is InChI=1S/C56H39N/c1-4-15-40(16-5-1)43-27-29-46(30-28-43)51-25-14-26-55(56(51)54-39-47-21-10-11-22-50(47)52-23-12-13-24-53(52)54)57(48-35-31-44(32-36-48)41-17-6-2-7-18-41)49-37-33-45(34-38-49)42-19-8-3-9-20-42/h1-39H. The van der Waals surface area contributed by atoms with Gasteiger partial charge in [0.05, 0.1) is 5.69 Å². The van der Waals surface area contributed by atoms with Gasteiger partial charge in [0.15, 0.2) is 0 Å². The van der Waals surface area contributed by atoms with E-state index in [0.717, 1.165) is 17.1 Å². The molecule has 0 bridgehead atoms. The minimum absolute atomic E-state index is 1.09. The first-order valence-corrected chi connectivity index (χ1v) is 19.6. The zero-order valence-electron chi connectivity index (χ0n) is 31.5. The summed E-state index contributed by atoms with van der Waals surface area (Å²) in [7, 11) is 0. The SMILES string of the molecule is c1ccc(-c2ccc(-c3cccc(N(c4ccc(-c5ccccc5)cc4)c4ccc(-c5ccccc5)cc4)c3-c3cc4ccccc4c4ccccc34)cc2)cc1. The number of hydrogen-bond donors (Lipinski definition) is 0. The summed E-state index contributed by atoms with van der Waals surface area (Å²) in [5, 5.41) is 4.95. The van der Waals surface area contributed by atoms with Crippen LogP contribution in [0.5, 0.6) is 0 Å². The van der Waals surface area contributed by atoms with Gasteiger partial charge in [-0.15, -0.1) is 0 Å². The number of benzene rings is 10. The van der Waals surface area contributed by atoms with Crippen LogP contribution in [0.2, 0.25) is 0 Å². The van der Waals surface area contributed by atoms with Crippen molar-refractivity contribution in [1.29, 1.82) is 0 Å². The monoisotopic (exact) mass is 725 g/mol. The minimum Gasteiger partial charge on any atom is -0.310 e. The average molecular weight is 726 g/mol. The Bertz CT molecular complexity index is 2870. The van der Waals surface area contributed by atoms with Crippen molar-refractivity contribution in [2.45, 2.75) is 0 Å². The molecule has 0 unspecified atom stereocenters.